The van der Waals surface area contributed by atoms with E-state index >= 15 is 0 Å². The Kier molecular flexibility index (Phi) is 3.77. The molecule has 126 valence electrons. The number of hydrogen-bond donors (Lipinski definition) is 2. The average Bonchev–Trinajstić information content (AvgIpc) is 3.36. The van der Waals surface area contributed by atoms with Crippen LogP contribution in [0.15, 0.2) is 4.52 Å². The van der Waals surface area contributed by atoms with Crippen LogP contribution in [0.25, 0.3) is 0 Å². The van der Waals surface area contributed by atoms with E-state index in [1.165, 1.54) is 25.7 Å². The molecule has 6 nitrogen and oxygen atoms in total. The van der Waals surface area contributed by atoms with Gasteiger partial charge < -0.3 is 15.2 Å². The normalized spacial score (nSPS) is 22.4. The number of carbonyl (C=O) groups is 1. The molecule has 4 rings (SSSR count). The van der Waals surface area contributed by atoms with Crippen LogP contribution in [-0.4, -0.2) is 22.2 Å². The molecule has 3 aliphatic rings. The number of urea groups is 1. The largest absolute Gasteiger partial charge is 0.337 e. The molecule has 0 spiro atoms. The molecule has 0 aliphatic heterocycles. The first-order valence-electron chi connectivity index (χ1n) is 9.02. The summed E-state index contributed by atoms with van der Waals surface area (Å²) in [5.41, 5.74) is 0. The van der Waals surface area contributed by atoms with Crippen LogP contribution in [0.4, 0.5) is 4.79 Å². The molecule has 0 aromatic carbocycles. The van der Waals surface area contributed by atoms with Crippen molar-refractivity contribution in [1.29, 1.82) is 0 Å². The summed E-state index contributed by atoms with van der Waals surface area (Å²) < 4.78 is 5.41. The second kappa shape index (κ2) is 5.80. The number of carbonyl (C=O) groups excluding carboxylic acids is 1. The van der Waals surface area contributed by atoms with Crippen molar-refractivity contribution < 1.29 is 9.32 Å². The van der Waals surface area contributed by atoms with Gasteiger partial charge >= 0.3 is 6.03 Å². The van der Waals surface area contributed by atoms with E-state index in [2.05, 4.69) is 34.6 Å². The van der Waals surface area contributed by atoms with Crippen LogP contribution in [0.5, 0.6) is 0 Å². The summed E-state index contributed by atoms with van der Waals surface area (Å²) >= 11 is 0. The second-order valence-electron chi connectivity index (χ2n) is 7.81. The average molecular weight is 318 g/mol. The van der Waals surface area contributed by atoms with Gasteiger partial charge in [0.1, 0.15) is 6.04 Å². The highest BCUT2D eigenvalue weighted by Gasteiger charge is 2.42. The van der Waals surface area contributed by atoms with E-state index in [-0.39, 0.29) is 18.0 Å². The van der Waals surface area contributed by atoms with Crippen molar-refractivity contribution in [3.63, 3.8) is 0 Å². The van der Waals surface area contributed by atoms with Crippen LogP contribution >= 0.6 is 0 Å². The lowest BCUT2D eigenvalue weighted by atomic mass is 10.0. The molecule has 1 aromatic rings. The molecule has 2 N–H and O–H groups in total. The molecular formula is C17H26N4O2. The number of hydrogen-bond acceptors (Lipinski definition) is 4. The molecular weight excluding hydrogens is 292 g/mol. The quantitative estimate of drug-likeness (QED) is 0.809. The summed E-state index contributed by atoms with van der Waals surface area (Å²) in [5.74, 6) is 3.37. The Morgan fingerprint density at radius 3 is 2.26 bits per heavy atom. The third kappa shape index (κ3) is 3.51. The van der Waals surface area contributed by atoms with Crippen molar-refractivity contribution in [2.45, 2.75) is 70.4 Å². The molecule has 3 saturated carbocycles. The molecule has 6 heteroatoms. The molecule has 2 amide bonds. The first-order chi connectivity index (χ1) is 11.1. The van der Waals surface area contributed by atoms with E-state index in [0.29, 0.717) is 29.7 Å². The summed E-state index contributed by atoms with van der Waals surface area (Å²) in [4.78, 5) is 16.9. The Hall–Kier alpha value is -1.59. The topological polar surface area (TPSA) is 80.0 Å². The number of amides is 2. The van der Waals surface area contributed by atoms with Crippen LogP contribution in [0.3, 0.4) is 0 Å². The van der Waals surface area contributed by atoms with E-state index in [0.717, 1.165) is 18.7 Å². The summed E-state index contributed by atoms with van der Waals surface area (Å²) in [6.07, 6.45) is 7.30. The summed E-state index contributed by atoms with van der Waals surface area (Å²) in [7, 11) is 0. The molecule has 0 radical (unpaired) electrons. The molecule has 1 unspecified atom stereocenters. The first kappa shape index (κ1) is 15.0. The van der Waals surface area contributed by atoms with Crippen LogP contribution in [-0.2, 0) is 0 Å². The van der Waals surface area contributed by atoms with Gasteiger partial charge in [-0.1, -0.05) is 19.0 Å². The van der Waals surface area contributed by atoms with Crippen LogP contribution in [0, 0.1) is 17.8 Å². The lowest BCUT2D eigenvalue weighted by molar-refractivity contribution is 0.218. The standard InChI is InChI=1S/C17H26N4O2/c1-9(2)13(16-20-15(21-23-16)12-7-8-12)18-17(22)19-14(10-3-4-10)11-5-6-11/h9-14H,3-8H2,1-2H3,(H2,18,19,22). The van der Waals surface area contributed by atoms with Crippen molar-refractivity contribution in [2.75, 3.05) is 0 Å². The van der Waals surface area contributed by atoms with E-state index < -0.39 is 0 Å². The van der Waals surface area contributed by atoms with Crippen LogP contribution in [0.2, 0.25) is 0 Å². The Balaban J connectivity index is 1.39. The van der Waals surface area contributed by atoms with Crippen molar-refractivity contribution in [3.8, 4) is 0 Å². The predicted molar refractivity (Wildman–Crippen MR) is 84.8 cm³/mol. The zero-order valence-electron chi connectivity index (χ0n) is 13.9. The lowest BCUT2D eigenvalue weighted by Gasteiger charge is -2.22. The van der Waals surface area contributed by atoms with Gasteiger partial charge in [-0.05, 0) is 56.3 Å². The maximum absolute atomic E-state index is 12.4. The molecule has 3 fully saturated rings. The summed E-state index contributed by atoms with van der Waals surface area (Å²) in [6, 6.07) is 0.0280. The maximum Gasteiger partial charge on any atom is 0.315 e. The Morgan fingerprint density at radius 2 is 1.74 bits per heavy atom. The van der Waals surface area contributed by atoms with Gasteiger partial charge in [-0.2, -0.15) is 4.98 Å². The fraction of sp³-hybridized carbons (Fsp3) is 0.824. The Bertz CT molecular complexity index is 561. The lowest BCUT2D eigenvalue weighted by Crippen LogP contribution is -2.46. The fourth-order valence-electron chi connectivity index (χ4n) is 3.26. The maximum atomic E-state index is 12.4. The molecule has 1 aromatic heterocycles. The number of nitrogens with zero attached hydrogens (tertiary/aromatic N) is 2. The highest BCUT2D eigenvalue weighted by Crippen LogP contribution is 2.44. The SMILES string of the molecule is CC(C)C(NC(=O)NC(C1CC1)C1CC1)c1nc(C2CC2)no1. The molecule has 0 saturated heterocycles. The zero-order chi connectivity index (χ0) is 16.0. The van der Waals surface area contributed by atoms with E-state index in [1.54, 1.807) is 0 Å². The first-order valence-corrected chi connectivity index (χ1v) is 9.02. The minimum Gasteiger partial charge on any atom is -0.337 e. The van der Waals surface area contributed by atoms with E-state index in [1.807, 2.05) is 0 Å². The number of rotatable bonds is 7. The summed E-state index contributed by atoms with van der Waals surface area (Å²) in [5, 5.41) is 10.3. The number of aromatic nitrogens is 2. The van der Waals surface area contributed by atoms with Crippen LogP contribution < -0.4 is 10.6 Å². The Labute approximate surface area is 136 Å². The molecule has 23 heavy (non-hydrogen) atoms. The van der Waals surface area contributed by atoms with Gasteiger partial charge in [0, 0.05) is 12.0 Å². The van der Waals surface area contributed by atoms with Crippen LogP contribution in [0.1, 0.15) is 76.0 Å². The van der Waals surface area contributed by atoms with Gasteiger partial charge in [0.15, 0.2) is 5.82 Å². The third-order valence-electron chi connectivity index (χ3n) is 5.18. The molecule has 1 heterocycles. The molecule has 0 bridgehead atoms. The van der Waals surface area contributed by atoms with Gasteiger partial charge in [0.05, 0.1) is 0 Å². The Morgan fingerprint density at radius 1 is 1.09 bits per heavy atom. The van der Waals surface area contributed by atoms with Gasteiger partial charge in [0.2, 0.25) is 5.89 Å². The minimum absolute atomic E-state index is 0.0985. The van der Waals surface area contributed by atoms with Crippen molar-refractivity contribution in [1.82, 2.24) is 20.8 Å². The predicted octanol–water partition coefficient (Wildman–Crippen LogP) is 3.13. The number of nitrogens with one attached hydrogen (secondary N) is 2. The van der Waals surface area contributed by atoms with Crippen molar-refractivity contribution >= 4 is 6.03 Å². The van der Waals surface area contributed by atoms with E-state index in [4.69, 9.17) is 4.52 Å². The highest BCUT2D eigenvalue weighted by atomic mass is 16.5. The van der Waals surface area contributed by atoms with Crippen molar-refractivity contribution in [3.05, 3.63) is 11.7 Å². The summed E-state index contributed by atoms with van der Waals surface area (Å²) in [6.45, 7) is 4.12. The second-order valence-corrected chi connectivity index (χ2v) is 7.81. The fourth-order valence-corrected chi connectivity index (χ4v) is 3.26. The monoisotopic (exact) mass is 318 g/mol. The third-order valence-corrected chi connectivity index (χ3v) is 5.18. The molecule has 1 atom stereocenters. The smallest absolute Gasteiger partial charge is 0.315 e. The van der Waals surface area contributed by atoms with Gasteiger partial charge in [-0.15, -0.1) is 0 Å². The molecule has 3 aliphatic carbocycles. The van der Waals surface area contributed by atoms with Gasteiger partial charge in [-0.25, -0.2) is 4.79 Å². The van der Waals surface area contributed by atoms with Gasteiger partial charge in [0.25, 0.3) is 0 Å². The zero-order valence-corrected chi connectivity index (χ0v) is 13.9. The van der Waals surface area contributed by atoms with E-state index in [9.17, 15) is 4.79 Å². The van der Waals surface area contributed by atoms with Crippen molar-refractivity contribution in [2.24, 2.45) is 17.8 Å². The van der Waals surface area contributed by atoms with Gasteiger partial charge in [-0.3, -0.25) is 0 Å². The minimum atomic E-state index is -0.228. The highest BCUT2D eigenvalue weighted by molar-refractivity contribution is 5.74.